The van der Waals surface area contributed by atoms with Gasteiger partial charge in [0.25, 0.3) is 0 Å². The maximum atomic E-state index is 10.7. The zero-order valence-corrected chi connectivity index (χ0v) is 11.1. The second-order valence-corrected chi connectivity index (χ2v) is 4.02. The predicted octanol–water partition coefficient (Wildman–Crippen LogP) is 3.33. The van der Waals surface area contributed by atoms with Crippen LogP contribution in [0.5, 0.6) is 0 Å². The van der Waals surface area contributed by atoms with Gasteiger partial charge in [-0.25, -0.2) is 4.99 Å². The average molecular weight is 266 g/mol. The molecule has 0 aliphatic rings. The largest absolute Gasteiger partial charge is 0.473 e. The molecule has 1 aromatic rings. The lowest BCUT2D eigenvalue weighted by molar-refractivity contribution is -0.110. The van der Waals surface area contributed by atoms with E-state index in [1.807, 2.05) is 43.3 Å². The number of halogens is 1. The van der Waals surface area contributed by atoms with Crippen LogP contribution in [0.3, 0.4) is 0 Å². The summed E-state index contributed by atoms with van der Waals surface area (Å²) in [6.07, 6.45) is 4.55. The van der Waals surface area contributed by atoms with E-state index in [0.29, 0.717) is 12.5 Å². The molecule has 1 aromatic carbocycles. The minimum absolute atomic E-state index is 0.0697. The Hall–Kier alpha value is -1.61. The van der Waals surface area contributed by atoms with E-state index in [9.17, 15) is 4.79 Å². The fourth-order valence-electron chi connectivity index (χ4n) is 1.24. The summed E-state index contributed by atoms with van der Waals surface area (Å²) in [6.45, 7) is 2.36. The smallest absolute Gasteiger partial charge is 0.243 e. The van der Waals surface area contributed by atoms with Gasteiger partial charge in [0, 0.05) is 0 Å². The number of rotatable bonds is 6. The van der Waals surface area contributed by atoms with Crippen molar-refractivity contribution >= 4 is 22.7 Å². The highest BCUT2D eigenvalue weighted by molar-refractivity contribution is 6.64. The molecule has 3 nitrogen and oxygen atoms in total. The van der Waals surface area contributed by atoms with Crippen LogP contribution in [0, 0.1) is 0 Å². The van der Waals surface area contributed by atoms with Crippen LogP contribution in [-0.4, -0.2) is 17.7 Å². The Morgan fingerprint density at radius 2 is 2.11 bits per heavy atom. The van der Waals surface area contributed by atoms with Gasteiger partial charge in [0.1, 0.15) is 13.2 Å². The highest BCUT2D eigenvalue weighted by atomic mass is 35.5. The van der Waals surface area contributed by atoms with Crippen LogP contribution in [-0.2, 0) is 16.1 Å². The van der Waals surface area contributed by atoms with Crippen molar-refractivity contribution in [1.29, 1.82) is 0 Å². The van der Waals surface area contributed by atoms with Crippen LogP contribution >= 0.6 is 11.6 Å². The van der Waals surface area contributed by atoms with Crippen LogP contribution in [0.1, 0.15) is 18.9 Å². The van der Waals surface area contributed by atoms with Crippen molar-refractivity contribution in [3.8, 4) is 0 Å². The third kappa shape index (κ3) is 6.21. The zero-order valence-electron chi connectivity index (χ0n) is 10.3. The average Bonchev–Trinajstić information content (AvgIpc) is 2.39. The Labute approximate surface area is 112 Å². The molecule has 1 rings (SSSR count). The van der Waals surface area contributed by atoms with E-state index in [1.165, 1.54) is 0 Å². The molecule has 0 bridgehead atoms. The Morgan fingerprint density at radius 3 is 2.72 bits per heavy atom. The molecule has 0 aromatic heterocycles. The van der Waals surface area contributed by atoms with Gasteiger partial charge in [-0.1, -0.05) is 43.3 Å². The first-order chi connectivity index (χ1) is 8.72. The molecule has 0 saturated heterocycles. The summed E-state index contributed by atoms with van der Waals surface area (Å²) in [5, 5.41) is -0.499. The van der Waals surface area contributed by atoms with E-state index >= 15 is 0 Å². The molecule has 0 heterocycles. The molecule has 0 aliphatic heterocycles. The Balaban J connectivity index is 2.58. The normalized spacial score (nSPS) is 11.8. The maximum Gasteiger partial charge on any atom is 0.243 e. The standard InChI is InChI=1S/C14H16ClNO2/c1-2-3-9-14(16-10-13(15)17)18-11-12-7-5-4-6-8-12/h3-9H,2,10-11H2,1H3. The lowest BCUT2D eigenvalue weighted by Gasteiger charge is -2.05. The molecule has 4 heteroatoms. The third-order valence-electron chi connectivity index (χ3n) is 2.08. The summed E-state index contributed by atoms with van der Waals surface area (Å²) < 4.78 is 5.53. The van der Waals surface area contributed by atoms with Gasteiger partial charge in [-0.15, -0.1) is 0 Å². The predicted molar refractivity (Wildman–Crippen MR) is 73.8 cm³/mol. The van der Waals surface area contributed by atoms with Crippen molar-refractivity contribution in [2.24, 2.45) is 4.99 Å². The molecule has 0 N–H and O–H groups in total. The maximum absolute atomic E-state index is 10.7. The number of carbonyl (C=O) groups excluding carboxylic acids is 1. The number of allylic oxidation sites excluding steroid dienone is 1. The van der Waals surface area contributed by atoms with Crippen LogP contribution in [0.2, 0.25) is 0 Å². The topological polar surface area (TPSA) is 38.7 Å². The molecule has 18 heavy (non-hydrogen) atoms. The number of benzene rings is 1. The summed E-state index contributed by atoms with van der Waals surface area (Å²) in [7, 11) is 0. The van der Waals surface area contributed by atoms with Gasteiger partial charge in [-0.2, -0.15) is 0 Å². The van der Waals surface area contributed by atoms with E-state index < -0.39 is 5.24 Å². The van der Waals surface area contributed by atoms with Crippen LogP contribution < -0.4 is 0 Å². The first kappa shape index (κ1) is 14.5. The molecule has 0 fully saturated rings. The van der Waals surface area contributed by atoms with Crippen molar-refractivity contribution in [3.05, 3.63) is 48.0 Å². The van der Waals surface area contributed by atoms with Crippen LogP contribution in [0.4, 0.5) is 0 Å². The fourth-order valence-corrected chi connectivity index (χ4v) is 1.30. The minimum atomic E-state index is -0.499. The molecule has 0 spiro atoms. The van der Waals surface area contributed by atoms with E-state index in [1.54, 1.807) is 6.08 Å². The second kappa shape index (κ2) is 8.48. The molecular weight excluding hydrogens is 250 g/mol. The number of carbonyl (C=O) groups is 1. The highest BCUT2D eigenvalue weighted by Gasteiger charge is 1.99. The minimum Gasteiger partial charge on any atom is -0.473 e. The Bertz CT molecular complexity index is 427. The van der Waals surface area contributed by atoms with Gasteiger partial charge < -0.3 is 4.74 Å². The number of hydrogen-bond donors (Lipinski definition) is 0. The molecule has 96 valence electrons. The van der Waals surface area contributed by atoms with Crippen molar-refractivity contribution in [2.45, 2.75) is 20.0 Å². The Morgan fingerprint density at radius 1 is 1.39 bits per heavy atom. The summed E-state index contributed by atoms with van der Waals surface area (Å²) in [4.78, 5) is 14.7. The van der Waals surface area contributed by atoms with Gasteiger partial charge in [0.2, 0.25) is 11.1 Å². The summed E-state index contributed by atoms with van der Waals surface area (Å²) in [5.74, 6) is 0.426. The number of ether oxygens (including phenoxy) is 1. The van der Waals surface area contributed by atoms with Crippen LogP contribution in [0.25, 0.3) is 0 Å². The third-order valence-corrected chi connectivity index (χ3v) is 2.20. The monoisotopic (exact) mass is 265 g/mol. The quantitative estimate of drug-likeness (QED) is 0.450. The van der Waals surface area contributed by atoms with Gasteiger partial charge in [0.05, 0.1) is 0 Å². The molecule has 0 atom stereocenters. The molecular formula is C14H16ClNO2. The first-order valence-corrected chi connectivity index (χ1v) is 6.16. The SMILES string of the molecule is CCC=CC(=NCC(=O)Cl)OCc1ccccc1. The number of aliphatic imine (C=N–C) groups is 1. The molecule has 0 unspecified atom stereocenters. The van der Waals surface area contributed by atoms with Gasteiger partial charge >= 0.3 is 0 Å². The van der Waals surface area contributed by atoms with Gasteiger partial charge in [-0.3, -0.25) is 4.79 Å². The summed E-state index contributed by atoms with van der Waals surface area (Å²) in [6, 6.07) is 9.77. The molecule has 0 aliphatic carbocycles. The van der Waals surface area contributed by atoms with Crippen LogP contribution in [0.15, 0.2) is 47.5 Å². The van der Waals surface area contributed by atoms with E-state index in [0.717, 1.165) is 12.0 Å². The summed E-state index contributed by atoms with van der Waals surface area (Å²) in [5.41, 5.74) is 1.05. The second-order valence-electron chi connectivity index (χ2n) is 3.59. The van der Waals surface area contributed by atoms with E-state index in [4.69, 9.17) is 16.3 Å². The molecule has 0 amide bonds. The highest BCUT2D eigenvalue weighted by Crippen LogP contribution is 2.02. The fraction of sp³-hybridized carbons (Fsp3) is 0.286. The van der Waals surface area contributed by atoms with Crippen molar-refractivity contribution < 1.29 is 9.53 Å². The lowest BCUT2D eigenvalue weighted by atomic mass is 10.2. The van der Waals surface area contributed by atoms with E-state index in [-0.39, 0.29) is 6.54 Å². The Kier molecular flexibility index (Phi) is 6.81. The number of nitrogens with zero attached hydrogens (tertiary/aromatic N) is 1. The van der Waals surface area contributed by atoms with Gasteiger partial charge in [0.15, 0.2) is 0 Å². The number of hydrogen-bond acceptors (Lipinski definition) is 3. The van der Waals surface area contributed by atoms with Crippen molar-refractivity contribution in [2.75, 3.05) is 6.54 Å². The van der Waals surface area contributed by atoms with Gasteiger partial charge in [-0.05, 0) is 29.7 Å². The zero-order chi connectivity index (χ0) is 13.2. The summed E-state index contributed by atoms with van der Waals surface area (Å²) >= 11 is 5.25. The van der Waals surface area contributed by atoms with Crippen molar-refractivity contribution in [1.82, 2.24) is 0 Å². The van der Waals surface area contributed by atoms with Crippen molar-refractivity contribution in [3.63, 3.8) is 0 Å². The molecule has 0 saturated carbocycles. The lowest BCUT2D eigenvalue weighted by Crippen LogP contribution is -2.05. The first-order valence-electron chi connectivity index (χ1n) is 5.78. The molecule has 0 radical (unpaired) electrons. The van der Waals surface area contributed by atoms with E-state index in [2.05, 4.69) is 4.99 Å².